The van der Waals surface area contributed by atoms with E-state index in [4.69, 9.17) is 23.2 Å². The fraction of sp³-hybridized carbons (Fsp3) is 0.263. The molecular weight excluding hydrogens is 370 g/mol. The van der Waals surface area contributed by atoms with Crippen LogP contribution >= 0.6 is 23.2 Å². The number of hydrogen-bond donors (Lipinski definition) is 1. The lowest BCUT2D eigenvalue weighted by Gasteiger charge is -2.38. The van der Waals surface area contributed by atoms with Crippen LogP contribution < -0.4 is 5.32 Å². The summed E-state index contributed by atoms with van der Waals surface area (Å²) in [6.07, 6.45) is 0.511. The van der Waals surface area contributed by atoms with Crippen LogP contribution in [0.4, 0.5) is 18.9 Å². The maximum atomic E-state index is 13.1. The number of hydrogen-bond acceptors (Lipinski definition) is 1. The van der Waals surface area contributed by atoms with E-state index in [1.54, 1.807) is 6.07 Å². The number of alkyl halides is 3. The van der Waals surface area contributed by atoms with Gasteiger partial charge in [0.15, 0.2) is 0 Å². The van der Waals surface area contributed by atoms with Crippen LogP contribution in [-0.4, -0.2) is 0 Å². The van der Waals surface area contributed by atoms with Gasteiger partial charge in [-0.1, -0.05) is 41.4 Å². The zero-order valence-corrected chi connectivity index (χ0v) is 14.5. The third-order valence-corrected chi connectivity index (χ3v) is 5.73. The molecule has 1 aliphatic carbocycles. The first-order chi connectivity index (χ1) is 11.8. The van der Waals surface area contributed by atoms with Crippen molar-refractivity contribution in [2.75, 3.05) is 5.32 Å². The molecule has 0 amide bonds. The van der Waals surface area contributed by atoms with Crippen molar-refractivity contribution in [1.29, 1.82) is 0 Å². The Labute approximate surface area is 153 Å². The van der Waals surface area contributed by atoms with Crippen molar-refractivity contribution in [3.05, 3.63) is 75.3 Å². The van der Waals surface area contributed by atoms with Gasteiger partial charge in [-0.15, -0.1) is 0 Å². The number of halogens is 5. The molecule has 2 aromatic rings. The molecule has 25 heavy (non-hydrogen) atoms. The zero-order chi connectivity index (χ0) is 17.8. The molecule has 3 atom stereocenters. The average molecular weight is 384 g/mol. The molecule has 0 saturated carbocycles. The molecular formula is C19H14Cl2F3N. The number of benzene rings is 2. The largest absolute Gasteiger partial charge is 0.416 e. The van der Waals surface area contributed by atoms with Gasteiger partial charge in [-0.25, -0.2) is 0 Å². The summed E-state index contributed by atoms with van der Waals surface area (Å²) in [5.74, 6) is 0.103. The van der Waals surface area contributed by atoms with E-state index in [1.165, 1.54) is 12.1 Å². The van der Waals surface area contributed by atoms with E-state index in [1.807, 2.05) is 24.3 Å². The van der Waals surface area contributed by atoms with E-state index >= 15 is 0 Å². The standard InChI is InChI=1S/C19H14Cl2F3N/c20-15-6-4-10(8-16(15)21)18-13-3-1-2-12(13)14-9-11(19(22,23)24)5-7-17(14)25-18/h1-2,4-9,12-13,18,25H,3H2/t12-,13+,18-/m1/s1. The monoisotopic (exact) mass is 383 g/mol. The topological polar surface area (TPSA) is 12.0 Å². The predicted molar refractivity (Wildman–Crippen MR) is 94.3 cm³/mol. The lowest BCUT2D eigenvalue weighted by atomic mass is 9.76. The smallest absolute Gasteiger partial charge is 0.378 e. The van der Waals surface area contributed by atoms with Crippen LogP contribution in [0.1, 0.15) is 35.1 Å². The number of rotatable bonds is 1. The Hall–Kier alpha value is -1.65. The summed E-state index contributed by atoms with van der Waals surface area (Å²) in [6, 6.07) is 9.37. The third-order valence-electron chi connectivity index (χ3n) is 4.99. The summed E-state index contributed by atoms with van der Waals surface area (Å²) in [5, 5.41) is 4.36. The first-order valence-corrected chi connectivity index (χ1v) is 8.69. The van der Waals surface area contributed by atoms with Crippen LogP contribution in [0.25, 0.3) is 0 Å². The van der Waals surface area contributed by atoms with Crippen LogP contribution in [0, 0.1) is 5.92 Å². The van der Waals surface area contributed by atoms with Crippen molar-refractivity contribution in [2.24, 2.45) is 5.92 Å². The summed E-state index contributed by atoms with van der Waals surface area (Å²) in [4.78, 5) is 0. The molecule has 130 valence electrons. The first kappa shape index (κ1) is 16.8. The van der Waals surface area contributed by atoms with Crippen molar-refractivity contribution < 1.29 is 13.2 Å². The van der Waals surface area contributed by atoms with Gasteiger partial charge < -0.3 is 5.32 Å². The van der Waals surface area contributed by atoms with Gasteiger partial charge in [-0.3, -0.25) is 0 Å². The van der Waals surface area contributed by atoms with Gasteiger partial charge in [-0.05, 0) is 53.8 Å². The molecule has 0 aromatic heterocycles. The lowest BCUT2D eigenvalue weighted by molar-refractivity contribution is -0.137. The van der Waals surface area contributed by atoms with Crippen LogP contribution in [0.3, 0.4) is 0 Å². The molecule has 0 unspecified atom stereocenters. The molecule has 1 heterocycles. The molecule has 2 aliphatic rings. The molecule has 6 heteroatoms. The molecule has 4 rings (SSSR count). The Morgan fingerprint density at radius 2 is 1.80 bits per heavy atom. The normalized spacial score (nSPS) is 24.6. The van der Waals surface area contributed by atoms with Crippen molar-refractivity contribution in [1.82, 2.24) is 0 Å². The van der Waals surface area contributed by atoms with Crippen molar-refractivity contribution in [2.45, 2.75) is 24.6 Å². The van der Waals surface area contributed by atoms with Gasteiger partial charge in [0.1, 0.15) is 0 Å². The van der Waals surface area contributed by atoms with E-state index < -0.39 is 11.7 Å². The Morgan fingerprint density at radius 3 is 2.52 bits per heavy atom. The molecule has 1 aliphatic heterocycles. The highest BCUT2D eigenvalue weighted by Crippen LogP contribution is 2.51. The molecule has 1 N–H and O–H groups in total. The second-order valence-electron chi connectivity index (χ2n) is 6.45. The van der Waals surface area contributed by atoms with E-state index in [-0.39, 0.29) is 17.9 Å². The minimum absolute atomic E-state index is 0.0287. The zero-order valence-electron chi connectivity index (χ0n) is 12.9. The molecule has 1 nitrogen and oxygen atoms in total. The summed E-state index contributed by atoms with van der Waals surface area (Å²) >= 11 is 12.1. The third kappa shape index (κ3) is 2.91. The van der Waals surface area contributed by atoms with Crippen molar-refractivity contribution in [3.63, 3.8) is 0 Å². The number of anilines is 1. The summed E-state index contributed by atoms with van der Waals surface area (Å²) in [7, 11) is 0. The Bertz CT molecular complexity index is 860. The molecule has 0 bridgehead atoms. The van der Waals surface area contributed by atoms with Gasteiger partial charge in [0, 0.05) is 11.6 Å². The van der Waals surface area contributed by atoms with Gasteiger partial charge in [0.25, 0.3) is 0 Å². The Balaban J connectivity index is 1.77. The van der Waals surface area contributed by atoms with Gasteiger partial charge in [0.05, 0.1) is 21.7 Å². The van der Waals surface area contributed by atoms with Crippen LogP contribution in [0.15, 0.2) is 48.6 Å². The highest BCUT2D eigenvalue weighted by molar-refractivity contribution is 6.42. The Kier molecular flexibility index (Phi) is 4.00. The van der Waals surface area contributed by atoms with Crippen molar-refractivity contribution in [3.8, 4) is 0 Å². The summed E-state index contributed by atoms with van der Waals surface area (Å²) in [5.41, 5.74) is 1.81. The molecule has 0 radical (unpaired) electrons. The fourth-order valence-corrected chi connectivity index (χ4v) is 4.11. The highest BCUT2D eigenvalue weighted by Gasteiger charge is 2.40. The van der Waals surface area contributed by atoms with E-state index in [0.29, 0.717) is 15.6 Å². The van der Waals surface area contributed by atoms with Crippen LogP contribution in [-0.2, 0) is 6.18 Å². The summed E-state index contributed by atoms with van der Waals surface area (Å²) < 4.78 is 39.2. The fourth-order valence-electron chi connectivity index (χ4n) is 3.81. The molecule has 0 saturated heterocycles. The van der Waals surface area contributed by atoms with Crippen LogP contribution in [0.2, 0.25) is 10.0 Å². The first-order valence-electron chi connectivity index (χ1n) is 7.94. The number of allylic oxidation sites excluding steroid dienone is 2. The van der Waals surface area contributed by atoms with E-state index in [2.05, 4.69) is 5.32 Å². The second-order valence-corrected chi connectivity index (χ2v) is 7.26. The minimum Gasteiger partial charge on any atom is -0.378 e. The van der Waals surface area contributed by atoms with Crippen molar-refractivity contribution >= 4 is 28.9 Å². The van der Waals surface area contributed by atoms with Gasteiger partial charge in [0.2, 0.25) is 0 Å². The number of nitrogens with one attached hydrogen (secondary N) is 1. The van der Waals surface area contributed by atoms with Gasteiger partial charge in [-0.2, -0.15) is 13.2 Å². The quantitative estimate of drug-likeness (QED) is 0.531. The molecule has 0 fully saturated rings. The average Bonchev–Trinajstić information content (AvgIpc) is 3.05. The number of fused-ring (bicyclic) bond motifs is 3. The summed E-state index contributed by atoms with van der Waals surface area (Å²) in [6.45, 7) is 0. The molecule has 2 aromatic carbocycles. The minimum atomic E-state index is -4.34. The predicted octanol–water partition coefficient (Wildman–Crippen LogP) is 6.84. The maximum absolute atomic E-state index is 13.1. The van der Waals surface area contributed by atoms with Gasteiger partial charge >= 0.3 is 6.18 Å². The SMILES string of the molecule is FC(F)(F)c1ccc2c(c1)[C@@H]1C=CC[C@@H]1[C@@H](c1ccc(Cl)c(Cl)c1)N2. The maximum Gasteiger partial charge on any atom is 0.416 e. The highest BCUT2D eigenvalue weighted by atomic mass is 35.5. The Morgan fingerprint density at radius 1 is 1.00 bits per heavy atom. The van der Waals surface area contributed by atoms with Crippen LogP contribution in [0.5, 0.6) is 0 Å². The molecule has 0 spiro atoms. The second kappa shape index (κ2) is 5.96. The lowest BCUT2D eigenvalue weighted by Crippen LogP contribution is -2.29. The van der Waals surface area contributed by atoms with E-state index in [9.17, 15) is 13.2 Å². The van der Waals surface area contributed by atoms with E-state index in [0.717, 1.165) is 23.7 Å².